The smallest absolute Gasteiger partial charge is 0.457 e. The van der Waals surface area contributed by atoms with Crippen LogP contribution in [0, 0.1) is 5.92 Å². The van der Waals surface area contributed by atoms with Crippen molar-refractivity contribution in [3.05, 3.63) is 0 Å². The lowest BCUT2D eigenvalue weighted by atomic mass is 9.70. The Morgan fingerprint density at radius 1 is 1.16 bits per heavy atom. The van der Waals surface area contributed by atoms with Crippen molar-refractivity contribution in [2.75, 3.05) is 20.3 Å². The molecule has 2 aliphatic heterocycles. The number of carbonyl (C=O) groups is 3. The number of esters is 1. The molecule has 0 aromatic rings. The van der Waals surface area contributed by atoms with Gasteiger partial charge in [0, 0.05) is 13.0 Å². The second-order valence-corrected chi connectivity index (χ2v) is 9.86. The van der Waals surface area contributed by atoms with Crippen molar-refractivity contribution in [1.29, 1.82) is 0 Å². The molecule has 0 spiro atoms. The topological polar surface area (TPSA) is 91.4 Å². The van der Waals surface area contributed by atoms with Gasteiger partial charge in [0.2, 0.25) is 0 Å². The monoisotopic (exact) mass is 453 g/mol. The zero-order chi connectivity index (χ0) is 24.0. The maximum atomic E-state index is 13.0. The molecule has 0 N–H and O–H groups in total. The highest BCUT2D eigenvalue weighted by Crippen LogP contribution is 2.42. The van der Waals surface area contributed by atoms with Crippen molar-refractivity contribution in [1.82, 2.24) is 4.90 Å². The maximum absolute atomic E-state index is 13.0. The van der Waals surface area contributed by atoms with Crippen molar-refractivity contribution in [2.24, 2.45) is 5.92 Å². The first-order valence-electron chi connectivity index (χ1n) is 11.9. The first-order chi connectivity index (χ1) is 15.1. The first-order valence-corrected chi connectivity index (χ1v) is 11.9. The number of methoxy groups -OCH3 is 1. The molecule has 2 saturated heterocycles. The molecule has 2 atom stereocenters. The summed E-state index contributed by atoms with van der Waals surface area (Å²) in [5.74, 6) is -0.771. The second-order valence-electron chi connectivity index (χ2n) is 9.86. The summed E-state index contributed by atoms with van der Waals surface area (Å²) < 4.78 is 22.7. The van der Waals surface area contributed by atoms with Crippen LogP contribution in [0.25, 0.3) is 0 Å². The average Bonchev–Trinajstić information content (AvgIpc) is 2.94. The molecule has 0 saturated carbocycles. The lowest BCUT2D eigenvalue weighted by Crippen LogP contribution is -2.64. The molecule has 182 valence electrons. The van der Waals surface area contributed by atoms with E-state index in [2.05, 4.69) is 0 Å². The number of rotatable bonds is 10. The Kier molecular flexibility index (Phi) is 9.17. The number of piperidine rings is 1. The molecule has 9 heteroatoms. The molecule has 32 heavy (non-hydrogen) atoms. The van der Waals surface area contributed by atoms with E-state index in [1.54, 1.807) is 0 Å². The molecule has 2 unspecified atom stereocenters. The van der Waals surface area contributed by atoms with E-state index in [4.69, 9.17) is 18.8 Å². The summed E-state index contributed by atoms with van der Waals surface area (Å²) in [5.41, 5.74) is -2.13. The van der Waals surface area contributed by atoms with Gasteiger partial charge in [0.15, 0.2) is 5.54 Å². The lowest BCUT2D eigenvalue weighted by molar-refractivity contribution is -0.163. The molecular weight excluding hydrogens is 413 g/mol. The van der Waals surface area contributed by atoms with E-state index in [1.807, 2.05) is 34.6 Å². The molecule has 0 aromatic carbocycles. The van der Waals surface area contributed by atoms with Gasteiger partial charge in [-0.2, -0.15) is 0 Å². The van der Waals surface area contributed by atoms with Crippen molar-refractivity contribution >= 4 is 25.5 Å². The van der Waals surface area contributed by atoms with Crippen LogP contribution in [0.3, 0.4) is 0 Å². The molecule has 2 aliphatic rings. The molecule has 1 amide bonds. The van der Waals surface area contributed by atoms with Gasteiger partial charge in [-0.05, 0) is 65.6 Å². The summed E-state index contributed by atoms with van der Waals surface area (Å²) in [4.78, 5) is 39.0. The molecular formula is C23H40BNO7. The third kappa shape index (κ3) is 5.47. The van der Waals surface area contributed by atoms with E-state index in [-0.39, 0.29) is 26.1 Å². The number of amides is 1. The summed E-state index contributed by atoms with van der Waals surface area (Å²) in [6, 6.07) is 0. The fraction of sp³-hybridized carbons (Fsp3) is 0.870. The van der Waals surface area contributed by atoms with Crippen LogP contribution >= 0.6 is 0 Å². The Balaban J connectivity index is 2.15. The van der Waals surface area contributed by atoms with Gasteiger partial charge in [-0.25, -0.2) is 9.59 Å². The van der Waals surface area contributed by atoms with Gasteiger partial charge in [0.25, 0.3) is 0 Å². The minimum Gasteiger partial charge on any atom is -0.467 e. The number of nitrogens with zero attached hydrogens (tertiary/aromatic N) is 1. The number of carbonyl (C=O) groups excluding carboxylic acids is 3. The Morgan fingerprint density at radius 2 is 1.81 bits per heavy atom. The van der Waals surface area contributed by atoms with E-state index in [1.165, 1.54) is 12.0 Å². The summed E-state index contributed by atoms with van der Waals surface area (Å²) in [7, 11) is 0.975. The first kappa shape index (κ1) is 26.6. The third-order valence-corrected chi connectivity index (χ3v) is 7.26. The Hall–Kier alpha value is -1.61. The number of likely N-dealkylation sites (tertiary alicyclic amines) is 1. The van der Waals surface area contributed by atoms with Crippen LogP contribution in [0.4, 0.5) is 4.79 Å². The van der Waals surface area contributed by atoms with E-state index in [0.29, 0.717) is 25.6 Å². The molecule has 0 bridgehead atoms. The summed E-state index contributed by atoms with van der Waals surface area (Å²) in [6.45, 7) is 10.7. The number of unbranched alkanes of at least 4 members (excludes halogenated alkanes) is 1. The molecule has 2 heterocycles. The second kappa shape index (κ2) is 11.0. The Bertz CT molecular complexity index is 653. The molecule has 2 rings (SSSR count). The van der Waals surface area contributed by atoms with Crippen LogP contribution in [0.1, 0.15) is 79.6 Å². The van der Waals surface area contributed by atoms with Gasteiger partial charge in [-0.3, -0.25) is 4.90 Å². The molecule has 2 fully saturated rings. The van der Waals surface area contributed by atoms with Gasteiger partial charge in [0.1, 0.15) is 6.29 Å². The van der Waals surface area contributed by atoms with E-state index in [9.17, 15) is 14.4 Å². The highest BCUT2D eigenvalue weighted by molar-refractivity contribution is 6.45. The number of ether oxygens (including phenoxy) is 2. The number of hydrogen-bond acceptors (Lipinski definition) is 7. The van der Waals surface area contributed by atoms with Crippen molar-refractivity contribution in [3.63, 3.8) is 0 Å². The van der Waals surface area contributed by atoms with Crippen LogP contribution in [-0.4, -0.2) is 67.4 Å². The van der Waals surface area contributed by atoms with Crippen molar-refractivity contribution in [3.8, 4) is 0 Å². The van der Waals surface area contributed by atoms with E-state index < -0.39 is 28.8 Å². The Morgan fingerprint density at radius 3 is 2.38 bits per heavy atom. The third-order valence-electron chi connectivity index (χ3n) is 7.26. The molecule has 8 nitrogen and oxygen atoms in total. The number of aldehydes is 1. The van der Waals surface area contributed by atoms with Crippen molar-refractivity contribution < 1.29 is 33.2 Å². The fourth-order valence-corrected chi connectivity index (χ4v) is 4.73. The SMILES string of the molecule is CCCCOC(=O)N1CCCC(CCCB2OC(C)(C)C(C)(C)O2)C1(CC=O)C(=O)OC. The highest BCUT2D eigenvalue weighted by Gasteiger charge is 2.55. The minimum absolute atomic E-state index is 0.107. The minimum atomic E-state index is -1.34. The van der Waals surface area contributed by atoms with Gasteiger partial charge >= 0.3 is 19.2 Å². The Labute approximate surface area is 192 Å². The summed E-state index contributed by atoms with van der Waals surface area (Å²) in [5, 5.41) is 0. The predicted octanol–water partition coefficient (Wildman–Crippen LogP) is 4.01. The molecule has 0 aliphatic carbocycles. The van der Waals surface area contributed by atoms with Crippen LogP contribution < -0.4 is 0 Å². The summed E-state index contributed by atoms with van der Waals surface area (Å²) in [6.07, 6.45) is 5.20. The predicted molar refractivity (Wildman–Crippen MR) is 121 cm³/mol. The molecule has 0 radical (unpaired) electrons. The number of hydrogen-bond donors (Lipinski definition) is 0. The van der Waals surface area contributed by atoms with E-state index in [0.717, 1.165) is 32.1 Å². The maximum Gasteiger partial charge on any atom is 0.457 e. The lowest BCUT2D eigenvalue weighted by Gasteiger charge is -2.48. The summed E-state index contributed by atoms with van der Waals surface area (Å²) >= 11 is 0. The standard InChI is InChI=1S/C23H40BNO7/c1-7-8-17-30-20(28)25-15-10-12-18(23(25,13-16-26)19(27)29-6)11-9-14-24-31-21(2,3)22(4,5)32-24/h16,18H,7-15,17H2,1-6H3. The van der Waals surface area contributed by atoms with Crippen molar-refractivity contribution in [2.45, 2.75) is 103 Å². The zero-order valence-electron chi connectivity index (χ0n) is 20.6. The van der Waals surface area contributed by atoms with Gasteiger partial charge in [-0.15, -0.1) is 0 Å². The van der Waals surface area contributed by atoms with Gasteiger partial charge < -0.3 is 23.6 Å². The van der Waals surface area contributed by atoms with Gasteiger partial charge in [0.05, 0.1) is 24.9 Å². The largest absolute Gasteiger partial charge is 0.467 e. The van der Waals surface area contributed by atoms with Crippen LogP contribution in [0.5, 0.6) is 0 Å². The highest BCUT2D eigenvalue weighted by atomic mass is 16.7. The average molecular weight is 453 g/mol. The van der Waals surface area contributed by atoms with E-state index >= 15 is 0 Å². The van der Waals surface area contributed by atoms with Gasteiger partial charge in [-0.1, -0.05) is 19.8 Å². The molecule has 0 aromatic heterocycles. The van der Waals surface area contributed by atoms with Crippen LogP contribution in [0.15, 0.2) is 0 Å². The van der Waals surface area contributed by atoms with Crippen LogP contribution in [-0.2, 0) is 28.4 Å². The fourth-order valence-electron chi connectivity index (χ4n) is 4.73. The zero-order valence-corrected chi connectivity index (χ0v) is 20.6. The normalized spacial score (nSPS) is 26.6. The quantitative estimate of drug-likeness (QED) is 0.214. The van der Waals surface area contributed by atoms with Crippen LogP contribution in [0.2, 0.25) is 6.32 Å².